The highest BCUT2D eigenvalue weighted by Gasteiger charge is 2.03. The molecule has 4 heteroatoms. The van der Waals surface area contributed by atoms with E-state index in [1.54, 1.807) is 12.4 Å². The molecule has 0 unspecified atom stereocenters. The first-order valence-electron chi connectivity index (χ1n) is 6.56. The standard InChI is InChI=1S/2C8H11NO/c2*1-6-4-7(2)8(3)9(10)5-6/h2*4-5H,1-3H3. The first kappa shape index (κ1) is 16.0. The molecule has 0 aromatic carbocycles. The third-order valence-corrected chi connectivity index (χ3v) is 3.33. The van der Waals surface area contributed by atoms with Crippen molar-refractivity contribution in [1.29, 1.82) is 0 Å². The summed E-state index contributed by atoms with van der Waals surface area (Å²) in [4.78, 5) is 0. The van der Waals surface area contributed by atoms with Crippen molar-refractivity contribution in [1.82, 2.24) is 0 Å². The predicted molar refractivity (Wildman–Crippen MR) is 79.2 cm³/mol. The van der Waals surface area contributed by atoms with Crippen molar-refractivity contribution in [3.8, 4) is 0 Å². The topological polar surface area (TPSA) is 53.9 Å². The van der Waals surface area contributed by atoms with Crippen LogP contribution in [-0.2, 0) is 0 Å². The Bertz CT molecular complexity index is 520. The lowest BCUT2D eigenvalue weighted by molar-refractivity contribution is -0.613. The Morgan fingerprint density at radius 1 is 0.650 bits per heavy atom. The molecule has 2 aromatic heterocycles. The van der Waals surface area contributed by atoms with Crippen molar-refractivity contribution in [3.05, 3.63) is 68.6 Å². The zero-order chi connectivity index (χ0) is 15.4. The Labute approximate surface area is 120 Å². The van der Waals surface area contributed by atoms with Gasteiger partial charge in [-0.1, -0.05) is 0 Å². The Balaban J connectivity index is 0.000000200. The molecule has 0 amide bonds. The van der Waals surface area contributed by atoms with Crippen LogP contribution in [0.5, 0.6) is 0 Å². The Morgan fingerprint density at radius 3 is 1.20 bits per heavy atom. The molecule has 0 radical (unpaired) electrons. The summed E-state index contributed by atoms with van der Waals surface area (Å²) in [6.07, 6.45) is 3.17. The van der Waals surface area contributed by atoms with Crippen molar-refractivity contribution in [2.24, 2.45) is 0 Å². The van der Waals surface area contributed by atoms with Crippen molar-refractivity contribution in [2.45, 2.75) is 41.5 Å². The molecular weight excluding hydrogens is 252 g/mol. The second kappa shape index (κ2) is 6.37. The lowest BCUT2D eigenvalue weighted by Crippen LogP contribution is -2.30. The summed E-state index contributed by atoms with van der Waals surface area (Å²) in [6, 6.07) is 4.01. The maximum atomic E-state index is 11.0. The predicted octanol–water partition coefficient (Wildman–Crippen LogP) is 2.49. The van der Waals surface area contributed by atoms with Gasteiger partial charge in [0.15, 0.2) is 23.8 Å². The third kappa shape index (κ3) is 3.95. The van der Waals surface area contributed by atoms with Crippen molar-refractivity contribution in [3.63, 3.8) is 0 Å². The number of hydrogen-bond acceptors (Lipinski definition) is 2. The molecular formula is C16H22N2O2. The molecule has 0 N–H and O–H groups in total. The lowest BCUT2D eigenvalue weighted by atomic mass is 10.2. The van der Waals surface area contributed by atoms with Crippen LogP contribution in [0.15, 0.2) is 24.5 Å². The highest BCUT2D eigenvalue weighted by atomic mass is 16.5. The molecule has 0 saturated heterocycles. The van der Waals surface area contributed by atoms with Crippen LogP contribution in [0.1, 0.15) is 33.6 Å². The minimum atomic E-state index is 0.783. The number of aryl methyl sites for hydroxylation is 4. The fourth-order valence-corrected chi connectivity index (χ4v) is 1.88. The number of hydrogen-bond donors (Lipinski definition) is 0. The molecule has 0 fully saturated rings. The summed E-state index contributed by atoms with van der Waals surface area (Å²) < 4.78 is 1.81. The molecule has 0 aliphatic heterocycles. The van der Waals surface area contributed by atoms with Crippen LogP contribution < -0.4 is 9.46 Å². The summed E-state index contributed by atoms with van der Waals surface area (Å²) >= 11 is 0. The van der Waals surface area contributed by atoms with Crippen molar-refractivity contribution < 1.29 is 9.46 Å². The average molecular weight is 274 g/mol. The van der Waals surface area contributed by atoms with Crippen LogP contribution in [0.25, 0.3) is 0 Å². The van der Waals surface area contributed by atoms with E-state index in [0.29, 0.717) is 0 Å². The Hall–Kier alpha value is -2.10. The molecule has 2 aromatic rings. The molecule has 0 atom stereocenters. The molecule has 0 aliphatic carbocycles. The van der Waals surface area contributed by atoms with Crippen molar-refractivity contribution >= 4 is 0 Å². The van der Waals surface area contributed by atoms with Gasteiger partial charge >= 0.3 is 0 Å². The Morgan fingerprint density at radius 2 is 0.950 bits per heavy atom. The summed E-state index contributed by atoms with van der Waals surface area (Å²) in [5.74, 6) is 0. The van der Waals surface area contributed by atoms with Gasteiger partial charge in [0.1, 0.15) is 0 Å². The highest BCUT2D eigenvalue weighted by Crippen LogP contribution is 2.03. The second-order valence-corrected chi connectivity index (χ2v) is 5.22. The van der Waals surface area contributed by atoms with Gasteiger partial charge in [-0.2, -0.15) is 9.46 Å². The largest absolute Gasteiger partial charge is 0.618 e. The van der Waals surface area contributed by atoms with Gasteiger partial charge in [0.25, 0.3) is 0 Å². The molecule has 4 nitrogen and oxygen atoms in total. The van der Waals surface area contributed by atoms with E-state index >= 15 is 0 Å². The van der Waals surface area contributed by atoms with Crippen LogP contribution in [0.4, 0.5) is 0 Å². The lowest BCUT2D eigenvalue weighted by Gasteiger charge is -2.03. The maximum absolute atomic E-state index is 11.0. The maximum Gasteiger partial charge on any atom is 0.192 e. The van der Waals surface area contributed by atoms with Gasteiger partial charge < -0.3 is 10.4 Å². The normalized spacial score (nSPS) is 9.90. The quantitative estimate of drug-likeness (QED) is 0.547. The number of aromatic nitrogens is 2. The van der Waals surface area contributed by atoms with Gasteiger partial charge in [0, 0.05) is 36.1 Å². The third-order valence-electron chi connectivity index (χ3n) is 3.33. The van der Waals surface area contributed by atoms with E-state index in [-0.39, 0.29) is 0 Å². The monoisotopic (exact) mass is 274 g/mol. The minimum Gasteiger partial charge on any atom is -0.618 e. The van der Waals surface area contributed by atoms with E-state index < -0.39 is 0 Å². The zero-order valence-electron chi connectivity index (χ0n) is 13.0. The zero-order valence-corrected chi connectivity index (χ0v) is 13.0. The van der Waals surface area contributed by atoms with E-state index in [1.807, 2.05) is 53.7 Å². The number of pyridine rings is 2. The molecule has 20 heavy (non-hydrogen) atoms. The van der Waals surface area contributed by atoms with E-state index in [2.05, 4.69) is 0 Å². The van der Waals surface area contributed by atoms with E-state index in [4.69, 9.17) is 0 Å². The van der Waals surface area contributed by atoms with Gasteiger partial charge in [-0.15, -0.1) is 0 Å². The molecule has 0 saturated carbocycles. The summed E-state index contributed by atoms with van der Waals surface area (Å²) in [5, 5.41) is 22.0. The molecule has 2 heterocycles. The van der Waals surface area contributed by atoms with Gasteiger partial charge in [0.2, 0.25) is 0 Å². The van der Waals surface area contributed by atoms with Gasteiger partial charge in [-0.25, -0.2) is 0 Å². The van der Waals surface area contributed by atoms with Crippen LogP contribution in [0, 0.1) is 52.0 Å². The molecule has 108 valence electrons. The van der Waals surface area contributed by atoms with Crippen LogP contribution >= 0.6 is 0 Å². The molecule has 0 aliphatic rings. The molecule has 2 rings (SSSR count). The highest BCUT2D eigenvalue weighted by molar-refractivity contribution is 5.18. The summed E-state index contributed by atoms with van der Waals surface area (Å²) in [6.45, 7) is 11.4. The van der Waals surface area contributed by atoms with Gasteiger partial charge in [0.05, 0.1) is 0 Å². The first-order valence-corrected chi connectivity index (χ1v) is 6.56. The van der Waals surface area contributed by atoms with Gasteiger partial charge in [-0.3, -0.25) is 0 Å². The Kier molecular flexibility index (Phi) is 5.08. The fourth-order valence-electron chi connectivity index (χ4n) is 1.88. The summed E-state index contributed by atoms with van der Waals surface area (Å²) in [5.41, 5.74) is 5.69. The van der Waals surface area contributed by atoms with Crippen LogP contribution in [0.2, 0.25) is 0 Å². The molecule has 0 bridgehead atoms. The van der Waals surface area contributed by atoms with Gasteiger partial charge in [-0.05, 0) is 39.8 Å². The summed E-state index contributed by atoms with van der Waals surface area (Å²) in [7, 11) is 0. The smallest absolute Gasteiger partial charge is 0.192 e. The second-order valence-electron chi connectivity index (χ2n) is 5.22. The van der Waals surface area contributed by atoms with E-state index in [9.17, 15) is 10.4 Å². The molecule has 0 spiro atoms. The fraction of sp³-hybridized carbons (Fsp3) is 0.375. The minimum absolute atomic E-state index is 0.783. The van der Waals surface area contributed by atoms with Crippen LogP contribution in [-0.4, -0.2) is 0 Å². The average Bonchev–Trinajstić information content (AvgIpc) is 2.33. The SMILES string of the molecule is Cc1cc(C)c(C)[n+]([O-])c1.Cc1cc(C)c(C)[n+]([O-])c1. The number of nitrogens with zero attached hydrogens (tertiary/aromatic N) is 2. The van der Waals surface area contributed by atoms with Crippen LogP contribution in [0.3, 0.4) is 0 Å². The van der Waals surface area contributed by atoms with E-state index in [1.165, 1.54) is 0 Å². The van der Waals surface area contributed by atoms with E-state index in [0.717, 1.165) is 43.1 Å². The van der Waals surface area contributed by atoms with Crippen molar-refractivity contribution in [2.75, 3.05) is 0 Å². The first-order chi connectivity index (χ1) is 9.22. The number of rotatable bonds is 0.